The Morgan fingerprint density at radius 3 is 2.50 bits per heavy atom. The molecule has 0 spiro atoms. The number of nitrogens with one attached hydrogen (secondary N) is 1. The van der Waals surface area contributed by atoms with Crippen LogP contribution in [0.15, 0.2) is 10.9 Å². The first-order valence-electron chi connectivity index (χ1n) is 3.74. The summed E-state index contributed by atoms with van der Waals surface area (Å²) in [6.07, 6.45) is 0. The van der Waals surface area contributed by atoms with Crippen LogP contribution in [0.5, 0.6) is 0 Å². The van der Waals surface area contributed by atoms with Gasteiger partial charge in [-0.1, -0.05) is 0 Å². The van der Waals surface area contributed by atoms with E-state index in [4.69, 9.17) is 0 Å². The molecule has 1 aromatic rings. The molecule has 0 aliphatic rings. The molecule has 0 bridgehead atoms. The van der Waals surface area contributed by atoms with Gasteiger partial charge >= 0.3 is 0 Å². The molecule has 64 valence electrons. The summed E-state index contributed by atoms with van der Waals surface area (Å²) in [5.41, 5.74) is 1.67. The van der Waals surface area contributed by atoms with E-state index in [1.165, 1.54) is 6.92 Å². The number of H-pyrrole nitrogens is 1. The fourth-order valence-corrected chi connectivity index (χ4v) is 1.09. The standard InChI is InChI=1S/C9H11NO2/c1-5-4-8(7(3)11)6(2)10-9(5)12/h4H,1-3H3,(H,10,12). The van der Waals surface area contributed by atoms with Crippen molar-refractivity contribution < 1.29 is 4.79 Å². The van der Waals surface area contributed by atoms with Crippen LogP contribution in [0, 0.1) is 13.8 Å². The Hall–Kier alpha value is -1.38. The van der Waals surface area contributed by atoms with Gasteiger partial charge in [-0.2, -0.15) is 0 Å². The topological polar surface area (TPSA) is 49.9 Å². The largest absolute Gasteiger partial charge is 0.326 e. The van der Waals surface area contributed by atoms with E-state index in [1.807, 2.05) is 0 Å². The smallest absolute Gasteiger partial charge is 0.251 e. The fraction of sp³-hybridized carbons (Fsp3) is 0.333. The first-order chi connectivity index (χ1) is 5.52. The lowest BCUT2D eigenvalue weighted by Crippen LogP contribution is -2.14. The van der Waals surface area contributed by atoms with E-state index in [-0.39, 0.29) is 11.3 Å². The number of aromatic amines is 1. The van der Waals surface area contributed by atoms with Gasteiger partial charge in [0.15, 0.2) is 5.78 Å². The maximum absolute atomic E-state index is 11.0. The monoisotopic (exact) mass is 165 g/mol. The molecule has 0 saturated carbocycles. The number of aryl methyl sites for hydroxylation is 2. The highest BCUT2D eigenvalue weighted by Gasteiger charge is 2.05. The van der Waals surface area contributed by atoms with Crippen LogP contribution in [0.25, 0.3) is 0 Å². The molecule has 1 aromatic heterocycles. The van der Waals surface area contributed by atoms with Gasteiger partial charge in [-0.05, 0) is 26.8 Å². The Kier molecular flexibility index (Phi) is 2.13. The van der Waals surface area contributed by atoms with E-state index in [1.54, 1.807) is 19.9 Å². The average molecular weight is 165 g/mol. The highest BCUT2D eigenvalue weighted by molar-refractivity contribution is 5.95. The van der Waals surface area contributed by atoms with Gasteiger partial charge in [-0.15, -0.1) is 0 Å². The Morgan fingerprint density at radius 1 is 1.42 bits per heavy atom. The number of carbonyl (C=O) groups is 1. The first-order valence-corrected chi connectivity index (χ1v) is 3.74. The zero-order valence-corrected chi connectivity index (χ0v) is 7.39. The number of carbonyl (C=O) groups excluding carboxylic acids is 1. The van der Waals surface area contributed by atoms with Gasteiger partial charge in [0, 0.05) is 16.8 Å². The molecule has 0 aliphatic carbocycles. The van der Waals surface area contributed by atoms with Crippen LogP contribution in [0.4, 0.5) is 0 Å². The maximum atomic E-state index is 11.0. The summed E-state index contributed by atoms with van der Waals surface area (Å²) >= 11 is 0. The van der Waals surface area contributed by atoms with E-state index in [0.29, 0.717) is 16.8 Å². The summed E-state index contributed by atoms with van der Waals surface area (Å²) in [6, 6.07) is 1.62. The minimum absolute atomic E-state index is 0.0214. The summed E-state index contributed by atoms with van der Waals surface area (Å²) in [7, 11) is 0. The van der Waals surface area contributed by atoms with Crippen molar-refractivity contribution in [1.29, 1.82) is 0 Å². The zero-order chi connectivity index (χ0) is 9.30. The van der Waals surface area contributed by atoms with Gasteiger partial charge in [-0.3, -0.25) is 9.59 Å². The van der Waals surface area contributed by atoms with E-state index in [0.717, 1.165) is 0 Å². The average Bonchev–Trinajstić information content (AvgIpc) is 1.96. The van der Waals surface area contributed by atoms with E-state index in [9.17, 15) is 9.59 Å². The highest BCUT2D eigenvalue weighted by Crippen LogP contribution is 2.04. The van der Waals surface area contributed by atoms with Crippen molar-refractivity contribution >= 4 is 5.78 Å². The van der Waals surface area contributed by atoms with Gasteiger partial charge < -0.3 is 4.98 Å². The Labute approximate surface area is 70.4 Å². The van der Waals surface area contributed by atoms with Crippen molar-refractivity contribution in [2.75, 3.05) is 0 Å². The molecule has 3 nitrogen and oxygen atoms in total. The normalized spacial score (nSPS) is 9.92. The molecule has 0 amide bonds. The second-order valence-corrected chi connectivity index (χ2v) is 2.88. The Morgan fingerprint density at radius 2 is 2.00 bits per heavy atom. The van der Waals surface area contributed by atoms with Crippen LogP contribution < -0.4 is 5.56 Å². The van der Waals surface area contributed by atoms with Crippen LogP contribution in [0.1, 0.15) is 28.5 Å². The van der Waals surface area contributed by atoms with Crippen molar-refractivity contribution in [3.05, 3.63) is 33.2 Å². The number of Topliss-reactive ketones (excluding diaryl/α,β-unsaturated/α-hetero) is 1. The minimum atomic E-state index is -0.127. The number of pyridine rings is 1. The molecule has 0 radical (unpaired) electrons. The Balaban J connectivity index is 3.43. The molecular weight excluding hydrogens is 154 g/mol. The van der Waals surface area contributed by atoms with E-state index >= 15 is 0 Å². The lowest BCUT2D eigenvalue weighted by molar-refractivity contribution is 0.101. The Bertz CT molecular complexity index is 377. The summed E-state index contributed by atoms with van der Waals surface area (Å²) in [4.78, 5) is 24.7. The van der Waals surface area contributed by atoms with Crippen molar-refractivity contribution in [2.24, 2.45) is 0 Å². The van der Waals surface area contributed by atoms with Crippen LogP contribution >= 0.6 is 0 Å². The van der Waals surface area contributed by atoms with Crippen molar-refractivity contribution in [3.63, 3.8) is 0 Å². The van der Waals surface area contributed by atoms with Crippen molar-refractivity contribution in [1.82, 2.24) is 4.98 Å². The summed E-state index contributed by atoms with van der Waals surface area (Å²) < 4.78 is 0. The summed E-state index contributed by atoms with van der Waals surface area (Å²) in [5, 5.41) is 0. The van der Waals surface area contributed by atoms with Crippen LogP contribution in [0.3, 0.4) is 0 Å². The first kappa shape index (κ1) is 8.71. The second-order valence-electron chi connectivity index (χ2n) is 2.88. The van der Waals surface area contributed by atoms with Crippen LogP contribution in [0.2, 0.25) is 0 Å². The van der Waals surface area contributed by atoms with Gasteiger partial charge in [0.2, 0.25) is 0 Å². The van der Waals surface area contributed by atoms with E-state index in [2.05, 4.69) is 4.98 Å². The van der Waals surface area contributed by atoms with E-state index < -0.39 is 0 Å². The SMILES string of the molecule is CC(=O)c1cc(C)c(=O)[nH]c1C. The van der Waals surface area contributed by atoms with Crippen molar-refractivity contribution in [2.45, 2.75) is 20.8 Å². The van der Waals surface area contributed by atoms with Crippen LogP contribution in [-0.2, 0) is 0 Å². The molecule has 0 saturated heterocycles. The molecule has 0 aromatic carbocycles. The molecule has 12 heavy (non-hydrogen) atoms. The third kappa shape index (κ3) is 1.44. The quantitative estimate of drug-likeness (QED) is 0.635. The molecule has 1 rings (SSSR count). The van der Waals surface area contributed by atoms with Crippen LogP contribution in [-0.4, -0.2) is 10.8 Å². The van der Waals surface area contributed by atoms with Gasteiger partial charge in [-0.25, -0.2) is 0 Å². The van der Waals surface area contributed by atoms with Gasteiger partial charge in [0.25, 0.3) is 5.56 Å². The molecule has 0 fully saturated rings. The number of rotatable bonds is 1. The predicted octanol–water partition coefficient (Wildman–Crippen LogP) is 1.19. The predicted molar refractivity (Wildman–Crippen MR) is 46.5 cm³/mol. The van der Waals surface area contributed by atoms with Crippen molar-refractivity contribution in [3.8, 4) is 0 Å². The number of aromatic nitrogens is 1. The molecule has 0 atom stereocenters. The molecule has 3 heteroatoms. The lowest BCUT2D eigenvalue weighted by atomic mass is 10.1. The summed E-state index contributed by atoms with van der Waals surface area (Å²) in [5.74, 6) is -0.0214. The number of hydrogen-bond acceptors (Lipinski definition) is 2. The molecular formula is C9H11NO2. The summed E-state index contributed by atoms with van der Waals surface area (Å²) in [6.45, 7) is 4.89. The lowest BCUT2D eigenvalue weighted by Gasteiger charge is -2.01. The van der Waals surface area contributed by atoms with Gasteiger partial charge in [0.05, 0.1) is 0 Å². The molecule has 1 N–H and O–H groups in total. The van der Waals surface area contributed by atoms with Gasteiger partial charge in [0.1, 0.15) is 0 Å². The third-order valence-electron chi connectivity index (χ3n) is 1.80. The molecule has 1 heterocycles. The number of hydrogen-bond donors (Lipinski definition) is 1. The zero-order valence-electron chi connectivity index (χ0n) is 7.39. The third-order valence-corrected chi connectivity index (χ3v) is 1.80. The highest BCUT2D eigenvalue weighted by atomic mass is 16.1. The molecule has 0 unspecified atom stereocenters. The maximum Gasteiger partial charge on any atom is 0.251 e. The number of ketones is 1. The second kappa shape index (κ2) is 2.93. The molecule has 0 aliphatic heterocycles. The minimum Gasteiger partial charge on any atom is -0.326 e. The fourth-order valence-electron chi connectivity index (χ4n) is 1.09.